The second kappa shape index (κ2) is 14.0. The Morgan fingerprint density at radius 2 is 1.68 bits per heavy atom. The van der Waals surface area contributed by atoms with Gasteiger partial charge in [0, 0.05) is 17.4 Å². The highest BCUT2D eigenvalue weighted by Crippen LogP contribution is 2.35. The number of hydrogen-bond donors (Lipinski definition) is 0. The van der Waals surface area contributed by atoms with E-state index in [1.54, 1.807) is 12.1 Å². The minimum absolute atomic E-state index is 0.190. The molecule has 0 amide bonds. The molecule has 1 aliphatic heterocycles. The summed E-state index contributed by atoms with van der Waals surface area (Å²) >= 11 is 0. The zero-order chi connectivity index (χ0) is 22.5. The van der Waals surface area contributed by atoms with Gasteiger partial charge in [0.25, 0.3) is 0 Å². The monoisotopic (exact) mass is 435 g/mol. The first-order valence-electron chi connectivity index (χ1n) is 10.7. The minimum Gasteiger partial charge on any atom is -0.459 e. The Morgan fingerprint density at radius 1 is 1.00 bits per heavy atom. The Hall–Kier alpha value is -2.16. The van der Waals surface area contributed by atoms with Gasteiger partial charge in [-0.05, 0) is 29.5 Å². The predicted molar refractivity (Wildman–Crippen MR) is 114 cm³/mol. The maximum Gasteiger partial charge on any atom is 0.338 e. The van der Waals surface area contributed by atoms with Gasteiger partial charge in [0.1, 0.15) is 6.61 Å². The van der Waals surface area contributed by atoms with Crippen molar-refractivity contribution in [2.24, 2.45) is 22.9 Å². The number of rotatable bonds is 13. The standard InChI is InChI=1S/C22H33N3O6/c1-16-17(2)20(15-30-21(26)19-7-5-4-6-8-19)31-22(18(16)3)29-14-13-28-12-11-27-10-9-24-25-23/h4-8,16-18,20,22H,9-15H2,1-3H3/t16-,17-,18?,20?,22-/m0/s1. The van der Waals surface area contributed by atoms with Crippen molar-refractivity contribution in [3.63, 3.8) is 0 Å². The molecule has 0 saturated carbocycles. The lowest BCUT2D eigenvalue weighted by atomic mass is 9.79. The highest BCUT2D eigenvalue weighted by atomic mass is 16.7. The van der Waals surface area contributed by atoms with Crippen LogP contribution in [0.5, 0.6) is 0 Å². The summed E-state index contributed by atoms with van der Waals surface area (Å²) in [5.74, 6) is 0.442. The van der Waals surface area contributed by atoms with Crippen LogP contribution in [0.25, 0.3) is 10.4 Å². The van der Waals surface area contributed by atoms with Crippen LogP contribution in [0.2, 0.25) is 0 Å². The summed E-state index contributed by atoms with van der Waals surface area (Å²) in [6, 6.07) is 8.94. The first-order chi connectivity index (χ1) is 15.0. The minimum atomic E-state index is -0.379. The molecule has 31 heavy (non-hydrogen) atoms. The summed E-state index contributed by atoms with van der Waals surface area (Å²) in [4.78, 5) is 14.9. The number of ether oxygens (including phenoxy) is 5. The fourth-order valence-electron chi connectivity index (χ4n) is 3.38. The SMILES string of the molecule is CC1[C@@H](OCCOCCOCCN=[N+]=[N-])OC(COC(=O)c2ccccc2)[C@@H](C)[C@@H]1C. The van der Waals surface area contributed by atoms with Gasteiger partial charge in [-0.15, -0.1) is 0 Å². The molecule has 1 heterocycles. The molecule has 1 fully saturated rings. The van der Waals surface area contributed by atoms with Crippen molar-refractivity contribution in [1.29, 1.82) is 0 Å². The van der Waals surface area contributed by atoms with Crippen molar-refractivity contribution in [2.45, 2.75) is 33.2 Å². The first kappa shape index (κ1) is 25.1. The Bertz CT molecular complexity index is 698. The topological polar surface area (TPSA) is 112 Å². The molecule has 0 N–H and O–H groups in total. The van der Waals surface area contributed by atoms with Crippen molar-refractivity contribution < 1.29 is 28.5 Å². The van der Waals surface area contributed by atoms with Gasteiger partial charge in [0.15, 0.2) is 6.29 Å². The smallest absolute Gasteiger partial charge is 0.338 e. The fourth-order valence-corrected chi connectivity index (χ4v) is 3.38. The van der Waals surface area contributed by atoms with E-state index in [0.717, 1.165) is 0 Å². The molecular formula is C22H33N3O6. The maximum absolute atomic E-state index is 12.2. The van der Waals surface area contributed by atoms with E-state index in [1.165, 1.54) is 0 Å². The normalized spacial score (nSPS) is 25.6. The molecule has 1 aromatic rings. The summed E-state index contributed by atoms with van der Waals surface area (Å²) in [6.45, 7) is 8.96. The fraction of sp³-hybridized carbons (Fsp3) is 0.682. The molecule has 1 aliphatic rings. The van der Waals surface area contributed by atoms with E-state index >= 15 is 0 Å². The molecule has 0 spiro atoms. The predicted octanol–water partition coefficient (Wildman–Crippen LogP) is 3.84. The van der Waals surface area contributed by atoms with Crippen molar-refractivity contribution >= 4 is 5.97 Å². The van der Waals surface area contributed by atoms with Gasteiger partial charge in [-0.2, -0.15) is 0 Å². The lowest BCUT2D eigenvalue weighted by Crippen LogP contribution is -2.48. The molecule has 2 rings (SSSR count). The van der Waals surface area contributed by atoms with E-state index in [2.05, 4.69) is 30.8 Å². The number of azide groups is 1. The number of carbonyl (C=O) groups excluding carboxylic acids is 1. The number of hydrogen-bond acceptors (Lipinski definition) is 7. The molecule has 9 heteroatoms. The molecule has 5 atom stereocenters. The molecule has 9 nitrogen and oxygen atoms in total. The van der Waals surface area contributed by atoms with E-state index in [1.807, 2.05) is 18.2 Å². The third-order valence-electron chi connectivity index (χ3n) is 5.65. The third-order valence-corrected chi connectivity index (χ3v) is 5.65. The highest BCUT2D eigenvalue weighted by Gasteiger charge is 2.40. The number of esters is 1. The molecule has 0 radical (unpaired) electrons. The van der Waals surface area contributed by atoms with Crippen molar-refractivity contribution in [3.8, 4) is 0 Å². The van der Waals surface area contributed by atoms with E-state index in [4.69, 9.17) is 29.2 Å². The largest absolute Gasteiger partial charge is 0.459 e. The van der Waals surface area contributed by atoms with Crippen LogP contribution < -0.4 is 0 Å². The summed E-state index contributed by atoms with van der Waals surface area (Å²) in [7, 11) is 0. The van der Waals surface area contributed by atoms with Crippen LogP contribution in [0.3, 0.4) is 0 Å². The van der Waals surface area contributed by atoms with Crippen LogP contribution in [0.15, 0.2) is 35.4 Å². The Kier molecular flexibility index (Phi) is 11.3. The molecular weight excluding hydrogens is 402 g/mol. The van der Waals surface area contributed by atoms with Crippen molar-refractivity contribution in [1.82, 2.24) is 0 Å². The van der Waals surface area contributed by atoms with E-state index in [9.17, 15) is 4.79 Å². The van der Waals surface area contributed by atoms with Crippen LogP contribution in [0, 0.1) is 17.8 Å². The van der Waals surface area contributed by atoms with E-state index < -0.39 is 0 Å². The lowest BCUT2D eigenvalue weighted by Gasteiger charge is -2.43. The average Bonchev–Trinajstić information content (AvgIpc) is 2.79. The van der Waals surface area contributed by atoms with Crippen LogP contribution in [-0.2, 0) is 23.7 Å². The number of nitrogens with zero attached hydrogens (tertiary/aromatic N) is 3. The lowest BCUT2D eigenvalue weighted by molar-refractivity contribution is -0.256. The average molecular weight is 436 g/mol. The van der Waals surface area contributed by atoms with Crippen molar-refractivity contribution in [2.75, 3.05) is 46.2 Å². The van der Waals surface area contributed by atoms with Crippen LogP contribution >= 0.6 is 0 Å². The second-order valence-electron chi connectivity index (χ2n) is 7.63. The van der Waals surface area contributed by atoms with Gasteiger partial charge in [-0.3, -0.25) is 0 Å². The van der Waals surface area contributed by atoms with Gasteiger partial charge in [0.2, 0.25) is 0 Å². The molecule has 172 valence electrons. The summed E-state index contributed by atoms with van der Waals surface area (Å²) in [6.07, 6.45) is -0.607. The number of carbonyl (C=O) groups is 1. The van der Waals surface area contributed by atoms with E-state index in [-0.39, 0.29) is 36.8 Å². The first-order valence-corrected chi connectivity index (χ1v) is 10.7. The van der Waals surface area contributed by atoms with Gasteiger partial charge >= 0.3 is 5.97 Å². The molecule has 1 saturated heterocycles. The molecule has 0 bridgehead atoms. The van der Waals surface area contributed by atoms with Crippen LogP contribution in [0.4, 0.5) is 0 Å². The Labute approximate surface area is 183 Å². The van der Waals surface area contributed by atoms with Crippen LogP contribution in [0.1, 0.15) is 31.1 Å². The van der Waals surface area contributed by atoms with Gasteiger partial charge < -0.3 is 23.7 Å². The zero-order valence-corrected chi connectivity index (χ0v) is 18.5. The second-order valence-corrected chi connectivity index (χ2v) is 7.63. The van der Waals surface area contributed by atoms with E-state index in [0.29, 0.717) is 51.1 Å². The third kappa shape index (κ3) is 8.47. The quantitative estimate of drug-likeness (QED) is 0.153. The van der Waals surface area contributed by atoms with Crippen LogP contribution in [-0.4, -0.2) is 64.5 Å². The zero-order valence-electron chi connectivity index (χ0n) is 18.5. The van der Waals surface area contributed by atoms with Gasteiger partial charge in [-0.1, -0.05) is 44.1 Å². The summed E-state index contributed by atoms with van der Waals surface area (Å²) in [5, 5.41) is 3.39. The van der Waals surface area contributed by atoms with Gasteiger partial charge in [-0.25, -0.2) is 4.79 Å². The maximum atomic E-state index is 12.2. The Morgan fingerprint density at radius 3 is 2.39 bits per heavy atom. The summed E-state index contributed by atoms with van der Waals surface area (Å²) < 4.78 is 28.3. The Balaban J connectivity index is 1.69. The molecule has 0 aromatic heterocycles. The number of benzene rings is 1. The molecule has 1 aromatic carbocycles. The van der Waals surface area contributed by atoms with Crippen molar-refractivity contribution in [3.05, 3.63) is 46.3 Å². The summed E-state index contributed by atoms with van der Waals surface area (Å²) in [5.41, 5.74) is 8.70. The molecule has 0 aliphatic carbocycles. The molecule has 2 unspecified atom stereocenters. The highest BCUT2D eigenvalue weighted by molar-refractivity contribution is 5.89. The van der Waals surface area contributed by atoms with Gasteiger partial charge in [0.05, 0.1) is 44.7 Å².